The van der Waals surface area contributed by atoms with Crippen molar-refractivity contribution < 1.29 is 4.74 Å². The van der Waals surface area contributed by atoms with Crippen molar-refractivity contribution in [3.8, 4) is 29.7 Å². The van der Waals surface area contributed by atoms with E-state index in [9.17, 15) is 0 Å². The van der Waals surface area contributed by atoms with E-state index in [1.807, 2.05) is 13.0 Å². The third-order valence-corrected chi connectivity index (χ3v) is 2.91. The number of anilines is 1. The minimum absolute atomic E-state index is 0.0842. The number of hydrogen-bond donors (Lipinski definition) is 1. The van der Waals surface area contributed by atoms with E-state index in [4.69, 9.17) is 20.5 Å². The number of rotatable bonds is 4. The van der Waals surface area contributed by atoms with Crippen LogP contribution in [0.25, 0.3) is 0 Å². The Morgan fingerprint density at radius 3 is 2.43 bits per heavy atom. The lowest BCUT2D eigenvalue weighted by Crippen LogP contribution is -2.02. The summed E-state index contributed by atoms with van der Waals surface area (Å²) in [5.41, 5.74) is 1.07. The smallest absolute Gasteiger partial charge is 0.163 e. The first-order chi connectivity index (χ1) is 11.2. The molecule has 2 rings (SSSR count). The second-order valence-corrected chi connectivity index (χ2v) is 4.48. The zero-order valence-electron chi connectivity index (χ0n) is 12.2. The summed E-state index contributed by atoms with van der Waals surface area (Å²) in [4.78, 5) is 3.97. The first-order valence-corrected chi connectivity index (χ1v) is 6.58. The van der Waals surface area contributed by atoms with Gasteiger partial charge in [0.05, 0.1) is 6.20 Å². The number of nitriles is 3. The van der Waals surface area contributed by atoms with E-state index >= 15 is 0 Å². The number of hydrogen-bond acceptors (Lipinski definition) is 6. The molecule has 0 unspecified atom stereocenters. The molecule has 0 atom stereocenters. The molecule has 23 heavy (non-hydrogen) atoms. The van der Waals surface area contributed by atoms with Gasteiger partial charge in [-0.3, -0.25) is 4.98 Å². The number of pyridine rings is 1. The molecule has 2 aromatic rings. The van der Waals surface area contributed by atoms with E-state index in [1.165, 1.54) is 0 Å². The van der Waals surface area contributed by atoms with Crippen molar-refractivity contribution in [3.05, 3.63) is 59.6 Å². The first-order valence-electron chi connectivity index (χ1n) is 6.58. The molecule has 110 valence electrons. The standard InChI is InChI=1S/C17H11N5O/c1-12-7-14(23-15-3-2-6-21-11-15)4-5-16(12)22-17(10-20)13(8-18)9-19/h2-7,11,22H,1H3. The van der Waals surface area contributed by atoms with Crippen molar-refractivity contribution in [2.75, 3.05) is 5.32 Å². The highest BCUT2D eigenvalue weighted by Crippen LogP contribution is 2.26. The van der Waals surface area contributed by atoms with Gasteiger partial charge in [-0.25, -0.2) is 0 Å². The number of nitrogens with zero attached hydrogens (tertiary/aromatic N) is 4. The van der Waals surface area contributed by atoms with E-state index in [-0.39, 0.29) is 11.3 Å². The van der Waals surface area contributed by atoms with E-state index < -0.39 is 0 Å². The summed E-state index contributed by atoms with van der Waals surface area (Å²) in [5, 5.41) is 29.5. The van der Waals surface area contributed by atoms with Gasteiger partial charge < -0.3 is 10.1 Å². The summed E-state index contributed by atoms with van der Waals surface area (Å²) < 4.78 is 5.66. The van der Waals surface area contributed by atoms with Crippen LogP contribution in [0.5, 0.6) is 11.5 Å². The number of nitrogens with one attached hydrogen (secondary N) is 1. The average molecular weight is 301 g/mol. The minimum Gasteiger partial charge on any atom is -0.456 e. The van der Waals surface area contributed by atoms with Crippen LogP contribution in [0.15, 0.2) is 54.0 Å². The zero-order valence-corrected chi connectivity index (χ0v) is 12.2. The maximum atomic E-state index is 9.06. The van der Waals surface area contributed by atoms with Crippen LogP contribution in [0, 0.1) is 40.9 Å². The second kappa shape index (κ2) is 7.26. The summed E-state index contributed by atoms with van der Waals surface area (Å²) in [5.74, 6) is 1.23. The van der Waals surface area contributed by atoms with Crippen LogP contribution < -0.4 is 10.1 Å². The molecule has 0 aliphatic carbocycles. The van der Waals surface area contributed by atoms with Gasteiger partial charge in [0.25, 0.3) is 0 Å². The molecule has 0 radical (unpaired) electrons. The highest BCUT2D eigenvalue weighted by Gasteiger charge is 2.08. The largest absolute Gasteiger partial charge is 0.456 e. The molecule has 1 N–H and O–H groups in total. The van der Waals surface area contributed by atoms with Crippen molar-refractivity contribution in [2.24, 2.45) is 0 Å². The molecule has 6 nitrogen and oxygen atoms in total. The molecule has 1 aromatic carbocycles. The minimum atomic E-state index is -0.261. The fourth-order valence-electron chi connectivity index (χ4n) is 1.80. The van der Waals surface area contributed by atoms with Crippen LogP contribution in [-0.2, 0) is 0 Å². The molecular weight excluding hydrogens is 290 g/mol. The summed E-state index contributed by atoms with van der Waals surface area (Å²) in [7, 11) is 0. The highest BCUT2D eigenvalue weighted by atomic mass is 16.5. The zero-order chi connectivity index (χ0) is 16.7. The molecular formula is C17H11N5O. The molecule has 0 aliphatic heterocycles. The third-order valence-electron chi connectivity index (χ3n) is 2.91. The fourth-order valence-corrected chi connectivity index (χ4v) is 1.80. The molecule has 1 aromatic heterocycles. The number of ether oxygens (including phenoxy) is 1. The van der Waals surface area contributed by atoms with Crippen molar-refractivity contribution in [3.63, 3.8) is 0 Å². The molecule has 0 saturated carbocycles. The van der Waals surface area contributed by atoms with E-state index in [0.717, 1.165) is 5.56 Å². The van der Waals surface area contributed by atoms with E-state index in [1.54, 1.807) is 54.9 Å². The second-order valence-electron chi connectivity index (χ2n) is 4.48. The number of allylic oxidation sites excluding steroid dienone is 2. The van der Waals surface area contributed by atoms with Gasteiger partial charge in [0.2, 0.25) is 0 Å². The van der Waals surface area contributed by atoms with Gasteiger partial charge in [0.15, 0.2) is 5.57 Å². The monoisotopic (exact) mass is 301 g/mol. The van der Waals surface area contributed by atoms with Crippen LogP contribution in [0.3, 0.4) is 0 Å². The molecule has 6 heteroatoms. The quantitative estimate of drug-likeness (QED) is 0.867. The average Bonchev–Trinajstić information content (AvgIpc) is 2.57. The topological polar surface area (TPSA) is 106 Å². The Bertz CT molecular complexity index is 851. The Kier molecular flexibility index (Phi) is 4.92. The van der Waals surface area contributed by atoms with Gasteiger partial charge >= 0.3 is 0 Å². The van der Waals surface area contributed by atoms with Gasteiger partial charge in [-0.15, -0.1) is 0 Å². The number of benzene rings is 1. The maximum absolute atomic E-state index is 9.06. The predicted molar refractivity (Wildman–Crippen MR) is 83.0 cm³/mol. The molecule has 0 fully saturated rings. The summed E-state index contributed by atoms with van der Waals surface area (Å²) in [6.45, 7) is 1.83. The predicted octanol–water partition coefficient (Wildman–Crippen LogP) is 3.42. The van der Waals surface area contributed by atoms with Gasteiger partial charge in [0, 0.05) is 11.9 Å². The third kappa shape index (κ3) is 3.85. The Morgan fingerprint density at radius 1 is 1.09 bits per heavy atom. The van der Waals surface area contributed by atoms with Crippen molar-refractivity contribution in [2.45, 2.75) is 6.92 Å². The highest BCUT2D eigenvalue weighted by molar-refractivity contribution is 5.62. The Hall–Kier alpha value is -3.82. The van der Waals surface area contributed by atoms with Gasteiger partial charge in [-0.1, -0.05) is 0 Å². The van der Waals surface area contributed by atoms with E-state index in [2.05, 4.69) is 10.3 Å². The lowest BCUT2D eigenvalue weighted by atomic mass is 10.1. The lowest BCUT2D eigenvalue weighted by Gasteiger charge is -2.11. The first kappa shape index (κ1) is 15.6. The Labute approximate surface area is 133 Å². The van der Waals surface area contributed by atoms with Crippen molar-refractivity contribution >= 4 is 5.69 Å². The lowest BCUT2D eigenvalue weighted by molar-refractivity contribution is 0.480. The summed E-state index contributed by atoms with van der Waals surface area (Å²) in [6, 6.07) is 14.0. The van der Waals surface area contributed by atoms with Crippen LogP contribution in [-0.4, -0.2) is 4.98 Å². The van der Waals surface area contributed by atoms with Crippen molar-refractivity contribution in [1.29, 1.82) is 15.8 Å². The molecule has 0 amide bonds. The van der Waals surface area contributed by atoms with Gasteiger partial charge in [-0.2, -0.15) is 15.8 Å². The number of aromatic nitrogens is 1. The molecule has 0 spiro atoms. The van der Waals surface area contributed by atoms with E-state index in [0.29, 0.717) is 17.2 Å². The van der Waals surface area contributed by atoms with Crippen LogP contribution in [0.2, 0.25) is 0 Å². The fraction of sp³-hybridized carbons (Fsp3) is 0.0588. The molecule has 0 saturated heterocycles. The summed E-state index contributed by atoms with van der Waals surface area (Å²) >= 11 is 0. The molecule has 0 bridgehead atoms. The van der Waals surface area contributed by atoms with Crippen LogP contribution in [0.4, 0.5) is 5.69 Å². The molecule has 1 heterocycles. The summed E-state index contributed by atoms with van der Waals surface area (Å²) in [6.07, 6.45) is 3.26. The SMILES string of the molecule is Cc1cc(Oc2cccnc2)ccc1NC(C#N)=C(C#N)C#N. The Morgan fingerprint density at radius 2 is 1.87 bits per heavy atom. The Balaban J connectivity index is 2.24. The maximum Gasteiger partial charge on any atom is 0.163 e. The van der Waals surface area contributed by atoms with Crippen LogP contribution >= 0.6 is 0 Å². The number of aryl methyl sites for hydroxylation is 1. The van der Waals surface area contributed by atoms with Crippen LogP contribution in [0.1, 0.15) is 5.56 Å². The normalized spacial score (nSPS) is 8.96. The molecule has 0 aliphatic rings. The van der Waals surface area contributed by atoms with Gasteiger partial charge in [-0.05, 0) is 42.8 Å². The van der Waals surface area contributed by atoms with Gasteiger partial charge in [0.1, 0.15) is 35.4 Å². The van der Waals surface area contributed by atoms with Crippen molar-refractivity contribution in [1.82, 2.24) is 4.98 Å².